The summed E-state index contributed by atoms with van der Waals surface area (Å²) >= 11 is 1.62. The van der Waals surface area contributed by atoms with Crippen LogP contribution in [0, 0.1) is 0 Å². The third-order valence-corrected chi connectivity index (χ3v) is 4.56. The number of rotatable bonds is 7. The number of benzene rings is 3. The van der Waals surface area contributed by atoms with Crippen molar-refractivity contribution in [3.8, 4) is 0 Å². The van der Waals surface area contributed by atoms with Crippen LogP contribution in [-0.4, -0.2) is 12.5 Å². The number of hydrogen-bond donors (Lipinski definition) is 1. The van der Waals surface area contributed by atoms with Gasteiger partial charge in [-0.05, 0) is 29.8 Å². The Hall–Kier alpha value is -2.56. The van der Waals surface area contributed by atoms with Gasteiger partial charge in [0.15, 0.2) is 0 Å². The Morgan fingerprint density at radius 1 is 0.840 bits per heavy atom. The Bertz CT molecular complexity index is 806. The number of ether oxygens (including phenoxy) is 1. The maximum Gasteiger partial charge on any atom is 0.250 e. The molecule has 1 amide bonds. The topological polar surface area (TPSA) is 38.3 Å². The van der Waals surface area contributed by atoms with Crippen molar-refractivity contribution in [1.29, 1.82) is 0 Å². The van der Waals surface area contributed by atoms with E-state index in [1.165, 1.54) is 0 Å². The molecule has 0 spiro atoms. The molecule has 0 aliphatic rings. The quantitative estimate of drug-likeness (QED) is 0.653. The van der Waals surface area contributed by atoms with E-state index in [0.29, 0.717) is 6.61 Å². The summed E-state index contributed by atoms with van der Waals surface area (Å²) in [5.74, 6) is -0.156. The number of nitrogens with one attached hydrogen (secondary N) is 1. The van der Waals surface area contributed by atoms with Gasteiger partial charge in [0.05, 0.1) is 12.3 Å². The van der Waals surface area contributed by atoms with E-state index >= 15 is 0 Å². The van der Waals surface area contributed by atoms with Gasteiger partial charge in [-0.15, -0.1) is 0 Å². The second-order valence-corrected chi connectivity index (χ2v) is 6.55. The second-order valence-electron chi connectivity index (χ2n) is 5.44. The zero-order chi connectivity index (χ0) is 17.3. The molecule has 3 rings (SSSR count). The summed E-state index contributed by atoms with van der Waals surface area (Å²) in [6.45, 7) is 0.452. The third-order valence-electron chi connectivity index (χ3n) is 3.48. The number of amides is 1. The van der Waals surface area contributed by atoms with Gasteiger partial charge in [0.2, 0.25) is 5.91 Å². The van der Waals surface area contributed by atoms with Crippen LogP contribution in [0.25, 0.3) is 0 Å². The number of para-hydroxylation sites is 1. The first-order valence-corrected chi connectivity index (χ1v) is 8.86. The zero-order valence-corrected chi connectivity index (χ0v) is 14.5. The van der Waals surface area contributed by atoms with E-state index in [1.54, 1.807) is 11.8 Å². The summed E-state index contributed by atoms with van der Waals surface area (Å²) in [6, 6.07) is 27.7. The van der Waals surface area contributed by atoms with E-state index in [2.05, 4.69) is 5.32 Å². The summed E-state index contributed by atoms with van der Waals surface area (Å²) in [5.41, 5.74) is 1.85. The highest BCUT2D eigenvalue weighted by atomic mass is 32.2. The maximum atomic E-state index is 12.2. The molecule has 0 saturated heterocycles. The minimum atomic E-state index is -0.156. The largest absolute Gasteiger partial charge is 0.367 e. The maximum absolute atomic E-state index is 12.2. The van der Waals surface area contributed by atoms with Crippen molar-refractivity contribution in [3.05, 3.63) is 90.5 Å². The molecule has 0 aliphatic heterocycles. The fraction of sp³-hybridized carbons (Fsp3) is 0.0952. The monoisotopic (exact) mass is 349 g/mol. The molecule has 0 aromatic heterocycles. The Kier molecular flexibility index (Phi) is 6.26. The van der Waals surface area contributed by atoms with Crippen molar-refractivity contribution >= 4 is 23.4 Å². The molecule has 0 radical (unpaired) electrons. The van der Waals surface area contributed by atoms with E-state index in [0.717, 1.165) is 21.0 Å². The molecule has 3 aromatic carbocycles. The van der Waals surface area contributed by atoms with E-state index < -0.39 is 0 Å². The fourth-order valence-corrected chi connectivity index (χ4v) is 3.22. The van der Waals surface area contributed by atoms with Crippen molar-refractivity contribution in [2.45, 2.75) is 16.4 Å². The van der Waals surface area contributed by atoms with Gasteiger partial charge in [0.25, 0.3) is 0 Å². The summed E-state index contributed by atoms with van der Waals surface area (Å²) in [7, 11) is 0. The summed E-state index contributed by atoms with van der Waals surface area (Å²) in [4.78, 5) is 14.3. The van der Waals surface area contributed by atoms with Crippen LogP contribution < -0.4 is 5.32 Å². The second kappa shape index (κ2) is 9.06. The van der Waals surface area contributed by atoms with E-state index in [4.69, 9.17) is 4.74 Å². The Morgan fingerprint density at radius 3 is 2.24 bits per heavy atom. The van der Waals surface area contributed by atoms with Crippen LogP contribution in [0.3, 0.4) is 0 Å². The Morgan fingerprint density at radius 2 is 1.48 bits per heavy atom. The minimum absolute atomic E-state index is 0.0270. The molecule has 0 unspecified atom stereocenters. The molecule has 0 bridgehead atoms. The summed E-state index contributed by atoms with van der Waals surface area (Å²) in [5, 5.41) is 2.93. The molecule has 0 heterocycles. The fourth-order valence-electron chi connectivity index (χ4n) is 2.30. The molecule has 0 fully saturated rings. The van der Waals surface area contributed by atoms with Crippen LogP contribution >= 0.6 is 11.8 Å². The lowest BCUT2D eigenvalue weighted by Crippen LogP contribution is -2.18. The first-order valence-electron chi connectivity index (χ1n) is 8.05. The highest BCUT2D eigenvalue weighted by molar-refractivity contribution is 7.99. The van der Waals surface area contributed by atoms with Gasteiger partial charge in [-0.2, -0.15) is 0 Å². The third kappa shape index (κ3) is 5.48. The van der Waals surface area contributed by atoms with Crippen LogP contribution in [-0.2, 0) is 16.1 Å². The molecule has 4 heteroatoms. The van der Waals surface area contributed by atoms with Crippen molar-refractivity contribution in [3.63, 3.8) is 0 Å². The predicted octanol–water partition coefficient (Wildman–Crippen LogP) is 4.99. The molecule has 3 aromatic rings. The van der Waals surface area contributed by atoms with E-state index in [1.807, 2.05) is 84.9 Å². The van der Waals surface area contributed by atoms with Gasteiger partial charge >= 0.3 is 0 Å². The smallest absolute Gasteiger partial charge is 0.250 e. The van der Waals surface area contributed by atoms with Crippen LogP contribution in [0.15, 0.2) is 94.7 Å². The van der Waals surface area contributed by atoms with Crippen molar-refractivity contribution < 1.29 is 9.53 Å². The van der Waals surface area contributed by atoms with Gasteiger partial charge < -0.3 is 10.1 Å². The molecule has 126 valence electrons. The SMILES string of the molecule is O=C(COCc1ccccc1)Nc1ccccc1Sc1ccccc1. The number of carbonyl (C=O) groups excluding carboxylic acids is 1. The first kappa shape index (κ1) is 17.3. The number of anilines is 1. The standard InChI is InChI=1S/C21H19NO2S/c23-21(16-24-15-17-9-3-1-4-10-17)22-19-13-7-8-14-20(19)25-18-11-5-2-6-12-18/h1-14H,15-16H2,(H,22,23). The van der Waals surface area contributed by atoms with Gasteiger partial charge in [-0.1, -0.05) is 72.4 Å². The van der Waals surface area contributed by atoms with Crippen LogP contribution in [0.2, 0.25) is 0 Å². The molecule has 0 atom stereocenters. The Labute approximate surface area is 152 Å². The molecule has 3 nitrogen and oxygen atoms in total. The lowest BCUT2D eigenvalue weighted by molar-refractivity contribution is -0.121. The normalized spacial score (nSPS) is 10.4. The highest BCUT2D eigenvalue weighted by Crippen LogP contribution is 2.33. The summed E-state index contributed by atoms with van der Waals surface area (Å²) in [6.07, 6.45) is 0. The zero-order valence-electron chi connectivity index (χ0n) is 13.7. The molecule has 0 aliphatic carbocycles. The molecular formula is C21H19NO2S. The lowest BCUT2D eigenvalue weighted by Gasteiger charge is -2.11. The van der Waals surface area contributed by atoms with Gasteiger partial charge in [-0.3, -0.25) is 4.79 Å². The van der Waals surface area contributed by atoms with Crippen LogP contribution in [0.4, 0.5) is 5.69 Å². The van der Waals surface area contributed by atoms with Gasteiger partial charge in [-0.25, -0.2) is 0 Å². The van der Waals surface area contributed by atoms with Crippen molar-refractivity contribution in [1.82, 2.24) is 0 Å². The summed E-state index contributed by atoms with van der Waals surface area (Å²) < 4.78 is 5.49. The van der Waals surface area contributed by atoms with Crippen molar-refractivity contribution in [2.75, 3.05) is 11.9 Å². The minimum Gasteiger partial charge on any atom is -0.367 e. The number of hydrogen-bond acceptors (Lipinski definition) is 3. The van der Waals surface area contributed by atoms with E-state index in [-0.39, 0.29) is 12.5 Å². The molecule has 1 N–H and O–H groups in total. The molecule has 25 heavy (non-hydrogen) atoms. The van der Waals surface area contributed by atoms with Crippen LogP contribution in [0.5, 0.6) is 0 Å². The first-order chi connectivity index (χ1) is 12.3. The van der Waals surface area contributed by atoms with Crippen molar-refractivity contribution in [2.24, 2.45) is 0 Å². The van der Waals surface area contributed by atoms with E-state index in [9.17, 15) is 4.79 Å². The molecule has 0 saturated carbocycles. The lowest BCUT2D eigenvalue weighted by atomic mass is 10.2. The number of carbonyl (C=O) groups is 1. The predicted molar refractivity (Wildman–Crippen MR) is 102 cm³/mol. The van der Waals surface area contributed by atoms with Gasteiger partial charge in [0, 0.05) is 9.79 Å². The average molecular weight is 349 g/mol. The Balaban J connectivity index is 1.56. The van der Waals surface area contributed by atoms with Crippen LogP contribution in [0.1, 0.15) is 5.56 Å². The average Bonchev–Trinajstić information content (AvgIpc) is 2.65. The van der Waals surface area contributed by atoms with Gasteiger partial charge in [0.1, 0.15) is 6.61 Å². The highest BCUT2D eigenvalue weighted by Gasteiger charge is 2.08. The molecular weight excluding hydrogens is 330 g/mol.